The zero-order valence-corrected chi connectivity index (χ0v) is 7.60. The number of carbonyl (C=O) groups is 1. The van der Waals surface area contributed by atoms with E-state index in [0.717, 1.165) is 38.5 Å². The zero-order chi connectivity index (χ0) is 8.74. The van der Waals surface area contributed by atoms with E-state index in [1.807, 2.05) is 6.92 Å². The Morgan fingerprint density at radius 1 is 1.45 bits per heavy atom. The number of carbonyl (C=O) groups excluding carboxylic acids is 1. The third kappa shape index (κ3) is 4.14. The molecule has 0 saturated carbocycles. The predicted octanol–water partition coefficient (Wildman–Crippen LogP) is 1.73. The summed E-state index contributed by atoms with van der Waals surface area (Å²) in [5, 5.41) is 0. The highest BCUT2D eigenvalue weighted by molar-refractivity contribution is 5.58. The van der Waals surface area contributed by atoms with Crippen LogP contribution in [0.25, 0.3) is 0 Å². The Morgan fingerprint density at radius 3 is 2.45 bits per heavy atom. The topological polar surface area (TPSA) is 43.1 Å². The molecule has 0 aromatic carbocycles. The van der Waals surface area contributed by atoms with Crippen LogP contribution in [0.5, 0.6) is 0 Å². The molecule has 1 atom stereocenters. The van der Waals surface area contributed by atoms with Crippen molar-refractivity contribution in [2.75, 3.05) is 6.54 Å². The molecule has 2 N–H and O–H groups in total. The standard InChI is InChI=1S/C9H19NO/c1-3-9(2,8-11)6-4-5-7-10/h8H,3-7,10H2,1-2H3. The highest BCUT2D eigenvalue weighted by Gasteiger charge is 2.19. The first-order valence-electron chi connectivity index (χ1n) is 4.35. The normalized spacial score (nSPS) is 15.9. The summed E-state index contributed by atoms with van der Waals surface area (Å²) in [5.74, 6) is 0. The molecule has 0 amide bonds. The van der Waals surface area contributed by atoms with Crippen LogP contribution in [0.3, 0.4) is 0 Å². The van der Waals surface area contributed by atoms with E-state index in [4.69, 9.17) is 5.73 Å². The van der Waals surface area contributed by atoms with Gasteiger partial charge >= 0.3 is 0 Å². The van der Waals surface area contributed by atoms with Gasteiger partial charge in [-0.3, -0.25) is 0 Å². The fraction of sp³-hybridized carbons (Fsp3) is 0.889. The second-order valence-corrected chi connectivity index (χ2v) is 3.37. The third-order valence-electron chi connectivity index (χ3n) is 2.29. The molecule has 66 valence electrons. The van der Waals surface area contributed by atoms with Crippen molar-refractivity contribution in [3.05, 3.63) is 0 Å². The van der Waals surface area contributed by atoms with E-state index >= 15 is 0 Å². The molecule has 0 fully saturated rings. The summed E-state index contributed by atoms with van der Waals surface area (Å²) < 4.78 is 0. The highest BCUT2D eigenvalue weighted by Crippen LogP contribution is 2.24. The zero-order valence-electron chi connectivity index (χ0n) is 7.60. The lowest BCUT2D eigenvalue weighted by molar-refractivity contribution is -0.116. The molecule has 1 unspecified atom stereocenters. The SMILES string of the molecule is CCC(C)(C=O)CCCCN. The number of hydrogen-bond acceptors (Lipinski definition) is 2. The minimum Gasteiger partial charge on any atom is -0.330 e. The van der Waals surface area contributed by atoms with Gasteiger partial charge in [0, 0.05) is 5.41 Å². The van der Waals surface area contributed by atoms with Gasteiger partial charge < -0.3 is 10.5 Å². The van der Waals surface area contributed by atoms with Crippen LogP contribution >= 0.6 is 0 Å². The Labute approximate surface area is 69.2 Å². The van der Waals surface area contributed by atoms with Crippen molar-refractivity contribution in [1.29, 1.82) is 0 Å². The van der Waals surface area contributed by atoms with Gasteiger partial charge in [0.1, 0.15) is 6.29 Å². The molecule has 2 nitrogen and oxygen atoms in total. The minimum absolute atomic E-state index is 0.102. The molecule has 0 saturated heterocycles. The minimum atomic E-state index is -0.102. The summed E-state index contributed by atoms with van der Waals surface area (Å²) in [6.45, 7) is 4.80. The van der Waals surface area contributed by atoms with Crippen LogP contribution in [0.2, 0.25) is 0 Å². The summed E-state index contributed by atoms with van der Waals surface area (Å²) >= 11 is 0. The molecule has 0 aliphatic carbocycles. The summed E-state index contributed by atoms with van der Waals surface area (Å²) in [4.78, 5) is 10.6. The first kappa shape index (κ1) is 10.6. The number of rotatable bonds is 6. The van der Waals surface area contributed by atoms with E-state index in [-0.39, 0.29) is 5.41 Å². The van der Waals surface area contributed by atoms with E-state index in [0.29, 0.717) is 0 Å². The average molecular weight is 157 g/mol. The van der Waals surface area contributed by atoms with Gasteiger partial charge in [-0.05, 0) is 25.8 Å². The van der Waals surface area contributed by atoms with Crippen molar-refractivity contribution < 1.29 is 4.79 Å². The summed E-state index contributed by atoms with van der Waals surface area (Å²) in [6.07, 6.45) is 5.08. The highest BCUT2D eigenvalue weighted by atomic mass is 16.1. The Bertz CT molecular complexity index is 114. The van der Waals surface area contributed by atoms with Gasteiger partial charge in [0.25, 0.3) is 0 Å². The van der Waals surface area contributed by atoms with Crippen molar-refractivity contribution >= 4 is 6.29 Å². The van der Waals surface area contributed by atoms with Gasteiger partial charge in [0.2, 0.25) is 0 Å². The van der Waals surface area contributed by atoms with Crippen LogP contribution in [0.1, 0.15) is 39.5 Å². The fourth-order valence-corrected chi connectivity index (χ4v) is 0.992. The first-order valence-corrected chi connectivity index (χ1v) is 4.35. The number of aldehydes is 1. The van der Waals surface area contributed by atoms with Gasteiger partial charge in [-0.2, -0.15) is 0 Å². The monoisotopic (exact) mass is 157 g/mol. The van der Waals surface area contributed by atoms with E-state index in [1.165, 1.54) is 0 Å². The maximum absolute atomic E-state index is 10.6. The number of unbranched alkanes of at least 4 members (excludes halogenated alkanes) is 1. The molecular formula is C9H19NO. The predicted molar refractivity (Wildman–Crippen MR) is 47.4 cm³/mol. The van der Waals surface area contributed by atoms with Crippen LogP contribution in [0.15, 0.2) is 0 Å². The lowest BCUT2D eigenvalue weighted by Crippen LogP contribution is -2.17. The van der Waals surface area contributed by atoms with Gasteiger partial charge in [-0.1, -0.05) is 20.3 Å². The molecule has 0 aliphatic rings. The molecule has 0 rings (SSSR count). The van der Waals surface area contributed by atoms with Gasteiger partial charge in [0.15, 0.2) is 0 Å². The molecule has 0 aromatic heterocycles. The Morgan fingerprint density at radius 2 is 2.09 bits per heavy atom. The number of nitrogens with two attached hydrogens (primary N) is 1. The van der Waals surface area contributed by atoms with E-state index in [1.54, 1.807) is 0 Å². The van der Waals surface area contributed by atoms with Gasteiger partial charge in [-0.25, -0.2) is 0 Å². The van der Waals surface area contributed by atoms with Crippen LogP contribution in [0.4, 0.5) is 0 Å². The summed E-state index contributed by atoms with van der Waals surface area (Å²) in [6, 6.07) is 0. The smallest absolute Gasteiger partial charge is 0.125 e. The van der Waals surface area contributed by atoms with E-state index in [9.17, 15) is 4.79 Å². The van der Waals surface area contributed by atoms with E-state index in [2.05, 4.69) is 6.92 Å². The van der Waals surface area contributed by atoms with Crippen molar-refractivity contribution in [2.24, 2.45) is 11.1 Å². The van der Waals surface area contributed by atoms with Crippen molar-refractivity contribution in [2.45, 2.75) is 39.5 Å². The maximum Gasteiger partial charge on any atom is 0.125 e. The van der Waals surface area contributed by atoms with Crippen LogP contribution in [0, 0.1) is 5.41 Å². The largest absolute Gasteiger partial charge is 0.330 e. The average Bonchev–Trinajstić information content (AvgIpc) is 2.05. The Hall–Kier alpha value is -0.370. The molecule has 0 spiro atoms. The molecule has 0 bridgehead atoms. The fourth-order valence-electron chi connectivity index (χ4n) is 0.992. The number of hydrogen-bond donors (Lipinski definition) is 1. The Balaban J connectivity index is 3.60. The van der Waals surface area contributed by atoms with Crippen LogP contribution in [-0.2, 0) is 4.79 Å². The van der Waals surface area contributed by atoms with Crippen molar-refractivity contribution in [3.63, 3.8) is 0 Å². The lowest BCUT2D eigenvalue weighted by atomic mass is 9.84. The van der Waals surface area contributed by atoms with Crippen LogP contribution in [-0.4, -0.2) is 12.8 Å². The first-order chi connectivity index (χ1) is 5.18. The Kier molecular flexibility index (Phi) is 5.12. The van der Waals surface area contributed by atoms with Crippen molar-refractivity contribution in [1.82, 2.24) is 0 Å². The molecular weight excluding hydrogens is 138 g/mol. The molecule has 0 heterocycles. The molecule has 2 heteroatoms. The van der Waals surface area contributed by atoms with E-state index < -0.39 is 0 Å². The molecule has 0 aliphatic heterocycles. The second-order valence-electron chi connectivity index (χ2n) is 3.37. The summed E-state index contributed by atoms with van der Waals surface area (Å²) in [7, 11) is 0. The molecule has 0 radical (unpaired) electrons. The lowest BCUT2D eigenvalue weighted by Gasteiger charge is -2.19. The van der Waals surface area contributed by atoms with Gasteiger partial charge in [-0.15, -0.1) is 0 Å². The van der Waals surface area contributed by atoms with Crippen molar-refractivity contribution in [3.8, 4) is 0 Å². The summed E-state index contributed by atoms with van der Waals surface area (Å²) in [5.41, 5.74) is 5.25. The second kappa shape index (κ2) is 5.30. The third-order valence-corrected chi connectivity index (χ3v) is 2.29. The maximum atomic E-state index is 10.6. The quantitative estimate of drug-likeness (QED) is 0.471. The van der Waals surface area contributed by atoms with Crippen LogP contribution < -0.4 is 5.73 Å². The molecule has 0 aromatic rings. The molecule has 11 heavy (non-hydrogen) atoms. The van der Waals surface area contributed by atoms with Gasteiger partial charge in [0.05, 0.1) is 0 Å².